The third-order valence-electron chi connectivity index (χ3n) is 3.57. The summed E-state index contributed by atoms with van der Waals surface area (Å²) in [5.41, 5.74) is 1.94. The Morgan fingerprint density at radius 2 is 2.00 bits per heavy atom. The van der Waals surface area contributed by atoms with E-state index >= 15 is 0 Å². The molecule has 0 radical (unpaired) electrons. The Balaban J connectivity index is 1.54. The molecule has 0 N–H and O–H groups in total. The van der Waals surface area contributed by atoms with Crippen molar-refractivity contribution in [1.82, 2.24) is 29.1 Å². The SMILES string of the molecule is Cn1c(SCc2cn3cccnc3n2)nnc1-c1ccc(Cl)cc1. The first-order valence-electron chi connectivity index (χ1n) is 7.27. The number of imidazole rings is 1. The maximum atomic E-state index is 5.93. The van der Waals surface area contributed by atoms with Crippen LogP contribution in [0.2, 0.25) is 5.02 Å². The smallest absolute Gasteiger partial charge is 0.233 e. The van der Waals surface area contributed by atoms with Gasteiger partial charge in [0.15, 0.2) is 11.0 Å². The maximum Gasteiger partial charge on any atom is 0.233 e. The number of benzene rings is 1. The lowest BCUT2D eigenvalue weighted by Gasteiger charge is -2.03. The number of halogens is 1. The van der Waals surface area contributed by atoms with Crippen LogP contribution in [-0.4, -0.2) is 29.1 Å². The van der Waals surface area contributed by atoms with Crippen LogP contribution in [0, 0.1) is 0 Å². The van der Waals surface area contributed by atoms with Crippen molar-refractivity contribution in [3.8, 4) is 11.4 Å². The number of aromatic nitrogens is 6. The molecule has 3 aromatic heterocycles. The summed E-state index contributed by atoms with van der Waals surface area (Å²) in [4.78, 5) is 8.71. The van der Waals surface area contributed by atoms with Crippen molar-refractivity contribution in [3.05, 3.63) is 59.6 Å². The lowest BCUT2D eigenvalue weighted by molar-refractivity contribution is 0.793. The molecule has 0 spiro atoms. The van der Waals surface area contributed by atoms with Gasteiger partial charge in [-0.3, -0.25) is 4.40 Å². The Bertz CT molecular complexity index is 958. The van der Waals surface area contributed by atoms with E-state index in [9.17, 15) is 0 Å². The minimum Gasteiger partial charge on any atom is -0.305 e. The Kier molecular flexibility index (Phi) is 3.95. The molecule has 0 aliphatic heterocycles. The van der Waals surface area contributed by atoms with Crippen molar-refractivity contribution in [1.29, 1.82) is 0 Å². The van der Waals surface area contributed by atoms with Gasteiger partial charge in [0.25, 0.3) is 0 Å². The van der Waals surface area contributed by atoms with Gasteiger partial charge in [-0.1, -0.05) is 23.4 Å². The highest BCUT2D eigenvalue weighted by Crippen LogP contribution is 2.25. The first-order chi connectivity index (χ1) is 11.7. The monoisotopic (exact) mass is 356 g/mol. The Morgan fingerprint density at radius 3 is 2.79 bits per heavy atom. The van der Waals surface area contributed by atoms with Crippen LogP contribution in [0.3, 0.4) is 0 Å². The Morgan fingerprint density at radius 1 is 1.17 bits per heavy atom. The number of thioether (sulfide) groups is 1. The summed E-state index contributed by atoms with van der Waals surface area (Å²) in [6, 6.07) is 9.46. The van der Waals surface area contributed by atoms with Crippen molar-refractivity contribution in [3.63, 3.8) is 0 Å². The first-order valence-corrected chi connectivity index (χ1v) is 8.64. The van der Waals surface area contributed by atoms with Crippen LogP contribution in [0.1, 0.15) is 5.69 Å². The highest BCUT2D eigenvalue weighted by atomic mass is 35.5. The summed E-state index contributed by atoms with van der Waals surface area (Å²) in [7, 11) is 1.96. The lowest BCUT2D eigenvalue weighted by Crippen LogP contribution is -1.95. The van der Waals surface area contributed by atoms with Gasteiger partial charge >= 0.3 is 0 Å². The van der Waals surface area contributed by atoms with Gasteiger partial charge in [0.1, 0.15) is 0 Å². The molecule has 6 nitrogen and oxygen atoms in total. The van der Waals surface area contributed by atoms with Crippen LogP contribution in [0.4, 0.5) is 0 Å². The van der Waals surface area contributed by atoms with E-state index in [1.54, 1.807) is 18.0 Å². The van der Waals surface area contributed by atoms with Gasteiger partial charge in [-0.2, -0.15) is 0 Å². The molecule has 0 atom stereocenters. The van der Waals surface area contributed by atoms with E-state index in [0.29, 0.717) is 16.6 Å². The second-order valence-corrected chi connectivity index (χ2v) is 6.60. The summed E-state index contributed by atoms with van der Waals surface area (Å²) in [6.07, 6.45) is 5.65. The lowest BCUT2D eigenvalue weighted by atomic mass is 10.2. The minimum absolute atomic E-state index is 0.702. The molecule has 0 bridgehead atoms. The number of hydrogen-bond donors (Lipinski definition) is 0. The summed E-state index contributed by atoms with van der Waals surface area (Å²) in [5, 5.41) is 10.1. The van der Waals surface area contributed by atoms with Gasteiger partial charge in [-0.25, -0.2) is 9.97 Å². The molecule has 0 aliphatic rings. The normalized spacial score (nSPS) is 11.2. The molecular weight excluding hydrogens is 344 g/mol. The van der Waals surface area contributed by atoms with Gasteiger partial charge in [0.05, 0.1) is 5.69 Å². The molecule has 0 fully saturated rings. The van der Waals surface area contributed by atoms with E-state index in [1.165, 1.54) is 0 Å². The Hall–Kier alpha value is -2.38. The van der Waals surface area contributed by atoms with Gasteiger partial charge in [-0.15, -0.1) is 10.2 Å². The van der Waals surface area contributed by atoms with Gasteiger partial charge in [0, 0.05) is 42.0 Å². The summed E-state index contributed by atoms with van der Waals surface area (Å²) in [6.45, 7) is 0. The zero-order chi connectivity index (χ0) is 16.5. The van der Waals surface area contributed by atoms with Crippen molar-refractivity contribution in [2.24, 2.45) is 7.05 Å². The van der Waals surface area contributed by atoms with Crippen molar-refractivity contribution in [2.45, 2.75) is 10.9 Å². The standard InChI is InChI=1S/C16H13ClN6S/c1-22-14(11-3-5-12(17)6-4-11)20-21-16(22)24-10-13-9-23-8-2-7-18-15(23)19-13/h2-9H,10H2,1H3. The number of nitrogens with zero attached hydrogens (tertiary/aromatic N) is 6. The summed E-state index contributed by atoms with van der Waals surface area (Å²) < 4.78 is 3.88. The van der Waals surface area contributed by atoms with E-state index in [-0.39, 0.29) is 0 Å². The third kappa shape index (κ3) is 2.88. The van der Waals surface area contributed by atoms with Gasteiger partial charge in [-0.05, 0) is 30.3 Å². The second kappa shape index (κ2) is 6.26. The molecule has 0 amide bonds. The fourth-order valence-corrected chi connectivity index (χ4v) is 3.30. The Labute approximate surface area is 147 Å². The largest absolute Gasteiger partial charge is 0.305 e. The maximum absolute atomic E-state index is 5.93. The molecule has 4 rings (SSSR count). The number of fused-ring (bicyclic) bond motifs is 1. The van der Waals surface area contributed by atoms with Crippen molar-refractivity contribution < 1.29 is 0 Å². The summed E-state index contributed by atoms with van der Waals surface area (Å²) >= 11 is 7.53. The van der Waals surface area contributed by atoms with Crippen LogP contribution >= 0.6 is 23.4 Å². The fraction of sp³-hybridized carbons (Fsp3) is 0.125. The first kappa shape index (κ1) is 15.2. The molecule has 0 aliphatic carbocycles. The average molecular weight is 357 g/mol. The third-order valence-corrected chi connectivity index (χ3v) is 4.88. The van der Waals surface area contributed by atoms with Crippen LogP contribution < -0.4 is 0 Å². The van der Waals surface area contributed by atoms with E-state index in [0.717, 1.165) is 22.2 Å². The molecule has 0 saturated carbocycles. The van der Waals surface area contributed by atoms with E-state index in [1.807, 2.05) is 58.7 Å². The molecule has 3 heterocycles. The van der Waals surface area contributed by atoms with Crippen LogP contribution in [0.25, 0.3) is 17.2 Å². The number of hydrogen-bond acceptors (Lipinski definition) is 5. The minimum atomic E-state index is 0.702. The van der Waals surface area contributed by atoms with E-state index < -0.39 is 0 Å². The van der Waals surface area contributed by atoms with Gasteiger partial charge in [0.2, 0.25) is 5.78 Å². The van der Waals surface area contributed by atoms with Crippen molar-refractivity contribution in [2.75, 3.05) is 0 Å². The van der Waals surface area contributed by atoms with Crippen LogP contribution in [-0.2, 0) is 12.8 Å². The number of rotatable bonds is 4. The fourth-order valence-electron chi connectivity index (χ4n) is 2.38. The second-order valence-electron chi connectivity index (χ2n) is 5.22. The predicted octanol–water partition coefficient (Wildman–Crippen LogP) is 3.47. The van der Waals surface area contributed by atoms with Gasteiger partial charge < -0.3 is 4.57 Å². The van der Waals surface area contributed by atoms with E-state index in [2.05, 4.69) is 20.2 Å². The molecule has 0 unspecified atom stereocenters. The zero-order valence-corrected chi connectivity index (χ0v) is 14.4. The topological polar surface area (TPSA) is 60.9 Å². The average Bonchev–Trinajstić information content (AvgIpc) is 3.17. The molecule has 8 heteroatoms. The highest BCUT2D eigenvalue weighted by Gasteiger charge is 2.12. The van der Waals surface area contributed by atoms with Crippen molar-refractivity contribution >= 4 is 29.1 Å². The zero-order valence-electron chi connectivity index (χ0n) is 12.8. The molecule has 0 saturated heterocycles. The molecule has 24 heavy (non-hydrogen) atoms. The van der Waals surface area contributed by atoms with Crippen LogP contribution in [0.15, 0.2) is 54.1 Å². The van der Waals surface area contributed by atoms with E-state index in [4.69, 9.17) is 11.6 Å². The molecular formula is C16H13ClN6S. The summed E-state index contributed by atoms with van der Waals surface area (Å²) in [5.74, 6) is 2.22. The van der Waals surface area contributed by atoms with Crippen LogP contribution in [0.5, 0.6) is 0 Å². The quantitative estimate of drug-likeness (QED) is 0.524. The highest BCUT2D eigenvalue weighted by molar-refractivity contribution is 7.98. The molecule has 1 aromatic carbocycles. The molecule has 120 valence electrons. The predicted molar refractivity (Wildman–Crippen MR) is 94.0 cm³/mol. The molecule has 4 aromatic rings.